The van der Waals surface area contributed by atoms with Gasteiger partial charge >= 0.3 is 11.9 Å². The molecule has 3 aliphatic heterocycles. The van der Waals surface area contributed by atoms with Crippen LogP contribution < -0.4 is 9.64 Å². The SMILES string of the molecule is O=C(O)C1CC(/C=C/N2c3cc(O)c(O[C@@H]4O[C@H](CO)[C@@H](O)[C@H](O)[C@H]4O)cc3C[C@H]2C(=O)O)=CC=N1. The molecular formula is C23H26N2O11. The van der Waals surface area contributed by atoms with Crippen LogP contribution in [0.1, 0.15) is 12.0 Å². The maximum Gasteiger partial charge on any atom is 0.328 e. The van der Waals surface area contributed by atoms with Crippen LogP contribution in [0.4, 0.5) is 5.69 Å². The van der Waals surface area contributed by atoms with Gasteiger partial charge in [-0.25, -0.2) is 9.59 Å². The molecular weight excluding hydrogens is 480 g/mol. The lowest BCUT2D eigenvalue weighted by atomic mass is 9.99. The monoisotopic (exact) mass is 506 g/mol. The summed E-state index contributed by atoms with van der Waals surface area (Å²) < 4.78 is 10.8. The second kappa shape index (κ2) is 10.2. The van der Waals surface area contributed by atoms with Crippen molar-refractivity contribution in [2.45, 2.75) is 55.6 Å². The Balaban J connectivity index is 1.57. The number of aliphatic imine (C=N–C) groups is 1. The molecule has 0 aliphatic carbocycles. The first-order chi connectivity index (χ1) is 17.1. The maximum absolute atomic E-state index is 11.9. The van der Waals surface area contributed by atoms with Crippen molar-refractivity contribution in [2.75, 3.05) is 11.5 Å². The van der Waals surface area contributed by atoms with Gasteiger partial charge in [0.05, 0.1) is 6.61 Å². The number of carboxylic acids is 2. The Morgan fingerprint density at radius 1 is 1.11 bits per heavy atom. The highest BCUT2D eigenvalue weighted by atomic mass is 16.7. The van der Waals surface area contributed by atoms with Crippen LogP contribution in [0.5, 0.6) is 11.5 Å². The Morgan fingerprint density at radius 2 is 1.86 bits per heavy atom. The quantitative estimate of drug-likeness (QED) is 0.231. The van der Waals surface area contributed by atoms with Crippen molar-refractivity contribution >= 4 is 23.8 Å². The summed E-state index contributed by atoms with van der Waals surface area (Å²) >= 11 is 0. The van der Waals surface area contributed by atoms with Crippen molar-refractivity contribution < 1.29 is 54.8 Å². The van der Waals surface area contributed by atoms with Gasteiger partial charge in [0.2, 0.25) is 6.29 Å². The highest BCUT2D eigenvalue weighted by molar-refractivity contribution is 5.85. The Hall–Kier alpha value is -3.49. The van der Waals surface area contributed by atoms with E-state index in [-0.39, 0.29) is 18.6 Å². The van der Waals surface area contributed by atoms with E-state index in [0.29, 0.717) is 16.8 Å². The summed E-state index contributed by atoms with van der Waals surface area (Å²) in [5.41, 5.74) is 1.49. The van der Waals surface area contributed by atoms with Crippen LogP contribution in [0.3, 0.4) is 0 Å². The number of hydrogen-bond donors (Lipinski definition) is 7. The predicted octanol–water partition coefficient (Wildman–Crippen LogP) is -1.25. The maximum atomic E-state index is 11.9. The zero-order chi connectivity index (χ0) is 26.1. The van der Waals surface area contributed by atoms with Gasteiger partial charge in [-0.1, -0.05) is 0 Å². The fourth-order valence-corrected chi connectivity index (χ4v) is 4.29. The number of anilines is 1. The first-order valence-electron chi connectivity index (χ1n) is 11.1. The zero-order valence-corrected chi connectivity index (χ0v) is 18.8. The van der Waals surface area contributed by atoms with Crippen LogP contribution in [0.2, 0.25) is 0 Å². The van der Waals surface area contributed by atoms with Gasteiger partial charge in [0.15, 0.2) is 17.5 Å². The molecule has 4 rings (SSSR count). The lowest BCUT2D eigenvalue weighted by Gasteiger charge is -2.39. The molecule has 36 heavy (non-hydrogen) atoms. The number of aliphatic hydroxyl groups is 4. The fourth-order valence-electron chi connectivity index (χ4n) is 4.29. The Labute approximate surface area is 204 Å². The third-order valence-corrected chi connectivity index (χ3v) is 6.28. The zero-order valence-electron chi connectivity index (χ0n) is 18.8. The number of dihydropyridines is 1. The smallest absolute Gasteiger partial charge is 0.328 e. The van der Waals surface area contributed by atoms with Gasteiger partial charge in [-0.15, -0.1) is 0 Å². The molecule has 0 spiro atoms. The van der Waals surface area contributed by atoms with Gasteiger partial charge in [-0.2, -0.15) is 0 Å². The molecule has 7 N–H and O–H groups in total. The van der Waals surface area contributed by atoms with Crippen molar-refractivity contribution in [3.63, 3.8) is 0 Å². The van der Waals surface area contributed by atoms with E-state index < -0.39 is 67.1 Å². The Bertz CT molecular complexity index is 1120. The van der Waals surface area contributed by atoms with E-state index in [1.54, 1.807) is 12.2 Å². The molecule has 3 aliphatic rings. The van der Waals surface area contributed by atoms with E-state index in [0.717, 1.165) is 0 Å². The minimum atomic E-state index is -1.69. The number of carbonyl (C=O) groups is 2. The number of nitrogens with zero attached hydrogens (tertiary/aromatic N) is 2. The van der Waals surface area contributed by atoms with Gasteiger partial charge in [0.1, 0.15) is 30.5 Å². The van der Waals surface area contributed by atoms with E-state index in [1.807, 2.05) is 0 Å². The standard InChI is InChI=1S/C23H26N2O11/c26-9-17-18(28)19(29)20(30)23(36-17)35-16-7-11-6-14(22(33)34)25(13(11)8-15(16)27)4-2-10-1-3-24-12(5-10)21(31)32/h1-4,7-8,12,14,17-20,23,26-30H,5-6,9H2,(H,31,32)(H,33,34)/b4-2+/t12?,14-,17+,18+,19-,20+,23+/m0/s1. The van der Waals surface area contributed by atoms with E-state index in [4.69, 9.17) is 9.47 Å². The number of allylic oxidation sites excluding steroid dienone is 2. The summed E-state index contributed by atoms with van der Waals surface area (Å²) in [5, 5.41) is 68.9. The largest absolute Gasteiger partial charge is 0.504 e. The Kier molecular flexibility index (Phi) is 7.28. The molecule has 0 radical (unpaired) electrons. The van der Waals surface area contributed by atoms with Crippen LogP contribution in [-0.2, 0) is 20.7 Å². The number of phenolic OH excluding ortho intramolecular Hbond substituents is 1. The average Bonchev–Trinajstić information content (AvgIpc) is 3.20. The normalized spacial score (nSPS) is 31.8. The highest BCUT2D eigenvalue weighted by Gasteiger charge is 2.45. The second-order valence-electron chi connectivity index (χ2n) is 8.64. The van der Waals surface area contributed by atoms with E-state index in [9.17, 15) is 45.3 Å². The first kappa shape index (κ1) is 25.6. The van der Waals surface area contributed by atoms with Crippen LogP contribution in [0, 0.1) is 0 Å². The number of aromatic hydroxyl groups is 1. The lowest BCUT2D eigenvalue weighted by Crippen LogP contribution is -2.60. The second-order valence-corrected chi connectivity index (χ2v) is 8.64. The summed E-state index contributed by atoms with van der Waals surface area (Å²) in [4.78, 5) is 28.4. The van der Waals surface area contributed by atoms with E-state index >= 15 is 0 Å². The first-order valence-corrected chi connectivity index (χ1v) is 11.1. The molecule has 0 bridgehead atoms. The van der Waals surface area contributed by atoms with Crippen LogP contribution in [0.15, 0.2) is 41.1 Å². The van der Waals surface area contributed by atoms with Crippen molar-refractivity contribution in [3.05, 3.63) is 41.6 Å². The third-order valence-electron chi connectivity index (χ3n) is 6.28. The number of aliphatic hydroxyl groups excluding tert-OH is 4. The number of benzene rings is 1. The predicted molar refractivity (Wildman–Crippen MR) is 122 cm³/mol. The molecule has 1 aromatic rings. The van der Waals surface area contributed by atoms with Crippen LogP contribution >= 0.6 is 0 Å². The van der Waals surface area contributed by atoms with Gasteiger partial charge in [0, 0.05) is 37.0 Å². The summed E-state index contributed by atoms with van der Waals surface area (Å²) in [6.07, 6.45) is -1.42. The number of aliphatic carboxylic acids is 2. The number of hydrogen-bond acceptors (Lipinski definition) is 11. The molecule has 13 heteroatoms. The topological polar surface area (TPSA) is 210 Å². The molecule has 1 unspecified atom stereocenters. The average molecular weight is 506 g/mol. The molecule has 7 atom stereocenters. The molecule has 0 aromatic heterocycles. The van der Waals surface area contributed by atoms with Crippen LogP contribution in [-0.4, -0.2) is 103 Å². The number of rotatable bonds is 7. The lowest BCUT2D eigenvalue weighted by molar-refractivity contribution is -0.277. The molecule has 1 saturated heterocycles. The summed E-state index contributed by atoms with van der Waals surface area (Å²) in [6, 6.07) is 0.704. The Morgan fingerprint density at radius 3 is 2.53 bits per heavy atom. The minimum Gasteiger partial charge on any atom is -0.504 e. The highest BCUT2D eigenvalue weighted by Crippen LogP contribution is 2.42. The van der Waals surface area contributed by atoms with Crippen molar-refractivity contribution in [1.29, 1.82) is 0 Å². The fraction of sp³-hybridized carbons (Fsp3) is 0.435. The van der Waals surface area contributed by atoms with Crippen molar-refractivity contribution in [1.82, 2.24) is 0 Å². The summed E-state index contributed by atoms with van der Waals surface area (Å²) in [7, 11) is 0. The molecule has 0 amide bonds. The number of phenols is 1. The van der Waals surface area contributed by atoms with E-state index in [2.05, 4.69) is 4.99 Å². The number of ether oxygens (including phenoxy) is 2. The van der Waals surface area contributed by atoms with Gasteiger partial charge in [0.25, 0.3) is 0 Å². The summed E-state index contributed by atoms with van der Waals surface area (Å²) in [6.45, 7) is -0.655. The molecule has 3 heterocycles. The molecule has 13 nitrogen and oxygen atoms in total. The minimum absolute atomic E-state index is 0.0403. The number of carboxylic acid groups (broad SMARTS) is 2. The third kappa shape index (κ3) is 4.92. The van der Waals surface area contributed by atoms with Crippen molar-refractivity contribution in [2.24, 2.45) is 4.99 Å². The molecule has 1 aromatic carbocycles. The van der Waals surface area contributed by atoms with Crippen molar-refractivity contribution in [3.8, 4) is 11.5 Å². The molecule has 0 saturated carbocycles. The molecule has 1 fully saturated rings. The van der Waals surface area contributed by atoms with Crippen LogP contribution in [0.25, 0.3) is 0 Å². The van der Waals surface area contributed by atoms with Gasteiger partial charge in [-0.05, 0) is 29.4 Å². The number of fused-ring (bicyclic) bond motifs is 1. The summed E-state index contributed by atoms with van der Waals surface area (Å²) in [5.74, 6) is -2.78. The van der Waals surface area contributed by atoms with E-state index in [1.165, 1.54) is 29.4 Å². The van der Waals surface area contributed by atoms with Gasteiger partial charge in [-0.3, -0.25) is 4.99 Å². The van der Waals surface area contributed by atoms with Gasteiger partial charge < -0.3 is 50.1 Å². The molecule has 194 valence electrons.